The summed E-state index contributed by atoms with van der Waals surface area (Å²) in [4.78, 5) is 0. The van der Waals surface area contributed by atoms with Crippen LogP contribution in [0.25, 0.3) is 0 Å². The molecule has 0 bridgehead atoms. The minimum absolute atomic E-state index is 0.363. The van der Waals surface area contributed by atoms with Crippen molar-refractivity contribution in [2.24, 2.45) is 5.73 Å². The summed E-state index contributed by atoms with van der Waals surface area (Å²) in [6, 6.07) is 0. The molecule has 0 spiro atoms. The first kappa shape index (κ1) is 9.60. The van der Waals surface area contributed by atoms with Gasteiger partial charge in [0.25, 0.3) is 0 Å². The van der Waals surface area contributed by atoms with E-state index in [0.717, 1.165) is 10.8 Å². The Bertz CT molecular complexity index is 152. The lowest BCUT2D eigenvalue weighted by molar-refractivity contribution is -0.121. The molecule has 0 rings (SSSR count). The van der Waals surface area contributed by atoms with E-state index in [4.69, 9.17) is 11.0 Å². The van der Waals surface area contributed by atoms with Gasteiger partial charge in [0.1, 0.15) is 0 Å². The monoisotopic (exact) mass is 189 g/mol. The van der Waals surface area contributed by atoms with E-state index in [1.807, 2.05) is 0 Å². The Balaban J connectivity index is 3.61. The summed E-state index contributed by atoms with van der Waals surface area (Å²) in [5.74, 6) is 0.420. The summed E-state index contributed by atoms with van der Waals surface area (Å²) in [7, 11) is -2.13. The summed E-state index contributed by atoms with van der Waals surface area (Å²) in [5.41, 5.74) is 5.06. The molecule has 1 atom stereocenters. The molecule has 0 fully saturated rings. The standard InChI is InChI=1S/C2H7NO3S3/c3-1-2-8-9(5,7)6-4/h4H,1-3H2. The molecule has 3 N–H and O–H groups in total. The van der Waals surface area contributed by atoms with Gasteiger partial charge < -0.3 is 5.73 Å². The van der Waals surface area contributed by atoms with Gasteiger partial charge in [-0.15, -0.1) is 4.33 Å². The molecule has 0 radical (unpaired) electrons. The quantitative estimate of drug-likeness (QED) is 0.361. The van der Waals surface area contributed by atoms with Gasteiger partial charge >= 0.3 is 0 Å². The first-order valence-corrected chi connectivity index (χ1v) is 5.96. The second-order valence-electron chi connectivity index (χ2n) is 1.09. The summed E-state index contributed by atoms with van der Waals surface area (Å²) >= 11 is 4.27. The van der Waals surface area contributed by atoms with Gasteiger partial charge in [-0.05, 0) is 10.8 Å². The zero-order chi connectivity index (χ0) is 7.33. The largest absolute Gasteiger partial charge is 0.330 e. The molecular formula is C2H7NO3S3. The summed E-state index contributed by atoms with van der Waals surface area (Å²) in [5, 5.41) is 7.88. The molecule has 0 aliphatic heterocycles. The van der Waals surface area contributed by atoms with Crippen LogP contribution in [0.1, 0.15) is 0 Å². The molecule has 0 saturated carbocycles. The molecule has 0 saturated heterocycles. The van der Waals surface area contributed by atoms with Crippen LogP contribution in [0.4, 0.5) is 0 Å². The molecule has 7 heteroatoms. The molecule has 0 aliphatic carbocycles. The Kier molecular flexibility index (Phi) is 4.72. The molecule has 0 aliphatic rings. The third kappa shape index (κ3) is 5.07. The van der Waals surface area contributed by atoms with E-state index in [2.05, 4.69) is 15.5 Å². The highest BCUT2D eigenvalue weighted by atomic mass is 33.4. The average molecular weight is 189 g/mol. The maximum absolute atomic E-state index is 10.6. The minimum Gasteiger partial charge on any atom is -0.330 e. The number of hydrogen-bond acceptors (Lipinski definition) is 6. The second kappa shape index (κ2) is 4.42. The van der Waals surface area contributed by atoms with Crippen molar-refractivity contribution >= 4 is 29.8 Å². The van der Waals surface area contributed by atoms with Gasteiger partial charge in [-0.3, -0.25) is 0 Å². The van der Waals surface area contributed by atoms with Crippen LogP contribution < -0.4 is 5.73 Å². The van der Waals surface area contributed by atoms with Crippen LogP contribution in [0.2, 0.25) is 0 Å². The third-order valence-electron chi connectivity index (χ3n) is 0.437. The van der Waals surface area contributed by atoms with Crippen LogP contribution in [0.3, 0.4) is 0 Å². The molecule has 0 amide bonds. The average Bonchev–Trinajstić information content (AvgIpc) is 1.84. The highest BCUT2D eigenvalue weighted by Crippen LogP contribution is 2.11. The molecule has 1 unspecified atom stereocenters. The maximum Gasteiger partial charge on any atom is 0.225 e. The Morgan fingerprint density at radius 1 is 1.89 bits per heavy atom. The first-order valence-electron chi connectivity index (χ1n) is 2.05. The smallest absolute Gasteiger partial charge is 0.225 e. The molecule has 4 nitrogen and oxygen atoms in total. The van der Waals surface area contributed by atoms with Gasteiger partial charge in [-0.2, -0.15) is 0 Å². The lowest BCUT2D eigenvalue weighted by Gasteiger charge is -1.97. The maximum atomic E-state index is 10.6. The Morgan fingerprint density at radius 3 is 2.78 bits per heavy atom. The third-order valence-corrected chi connectivity index (χ3v) is 3.91. The van der Waals surface area contributed by atoms with Gasteiger partial charge in [-0.25, -0.2) is 9.47 Å². The SMILES string of the molecule is NCCSS(=O)(=S)OO. The molecule has 0 aromatic heterocycles. The molecular weight excluding hydrogens is 182 g/mol. The number of nitrogens with two attached hydrogens (primary N) is 1. The van der Waals surface area contributed by atoms with Gasteiger partial charge in [0, 0.05) is 23.5 Å². The lowest BCUT2D eigenvalue weighted by atomic mass is 10.8. The fourth-order valence-corrected chi connectivity index (χ4v) is 2.16. The number of rotatable bonds is 4. The van der Waals surface area contributed by atoms with Gasteiger partial charge in [0.15, 0.2) is 0 Å². The van der Waals surface area contributed by atoms with E-state index in [9.17, 15) is 4.21 Å². The predicted octanol–water partition coefficient (Wildman–Crippen LogP) is -0.256. The van der Waals surface area contributed by atoms with Gasteiger partial charge in [0.05, 0.1) is 0 Å². The van der Waals surface area contributed by atoms with Crippen LogP contribution in [-0.4, -0.2) is 21.8 Å². The van der Waals surface area contributed by atoms with Crippen LogP contribution in [0.5, 0.6) is 0 Å². The molecule has 9 heavy (non-hydrogen) atoms. The van der Waals surface area contributed by atoms with E-state index in [0.29, 0.717) is 12.3 Å². The molecule has 0 aromatic carbocycles. The zero-order valence-corrected chi connectivity index (χ0v) is 6.93. The van der Waals surface area contributed by atoms with Crippen molar-refractivity contribution < 1.29 is 13.8 Å². The van der Waals surface area contributed by atoms with Crippen molar-refractivity contribution in [2.45, 2.75) is 0 Å². The van der Waals surface area contributed by atoms with Crippen LogP contribution >= 0.6 is 10.8 Å². The minimum atomic E-state index is -2.96. The Labute approximate surface area is 62.0 Å². The fraction of sp³-hybridized carbons (Fsp3) is 1.00. The van der Waals surface area contributed by atoms with Crippen molar-refractivity contribution in [1.29, 1.82) is 0 Å². The van der Waals surface area contributed by atoms with E-state index in [1.165, 1.54) is 0 Å². The van der Waals surface area contributed by atoms with Crippen LogP contribution in [0, 0.1) is 0 Å². The molecule has 56 valence electrons. The molecule has 0 heterocycles. The zero-order valence-electron chi connectivity index (χ0n) is 4.48. The van der Waals surface area contributed by atoms with E-state index < -0.39 is 7.80 Å². The summed E-state index contributed by atoms with van der Waals surface area (Å²) in [6.07, 6.45) is 0. The van der Waals surface area contributed by atoms with Crippen LogP contribution in [-0.2, 0) is 23.3 Å². The second-order valence-corrected chi connectivity index (χ2v) is 6.68. The van der Waals surface area contributed by atoms with Crippen molar-refractivity contribution in [3.8, 4) is 0 Å². The lowest BCUT2D eigenvalue weighted by Crippen LogP contribution is -2.05. The Hall–Kier alpha value is 0.600. The molecule has 0 aromatic rings. The predicted molar refractivity (Wildman–Crippen MR) is 40.7 cm³/mol. The van der Waals surface area contributed by atoms with Crippen LogP contribution in [0.15, 0.2) is 0 Å². The fourth-order valence-electron chi connectivity index (χ4n) is 0.172. The van der Waals surface area contributed by atoms with E-state index in [-0.39, 0.29) is 0 Å². The van der Waals surface area contributed by atoms with Crippen molar-refractivity contribution in [3.63, 3.8) is 0 Å². The summed E-state index contributed by atoms with van der Waals surface area (Å²) < 4.78 is 14.1. The topological polar surface area (TPSA) is 72.6 Å². The highest BCUT2D eigenvalue weighted by molar-refractivity contribution is 8.83. The van der Waals surface area contributed by atoms with E-state index in [1.54, 1.807) is 0 Å². The van der Waals surface area contributed by atoms with Gasteiger partial charge in [-0.1, -0.05) is 0 Å². The Morgan fingerprint density at radius 2 is 2.44 bits per heavy atom. The number of hydrogen-bond donors (Lipinski definition) is 2. The van der Waals surface area contributed by atoms with E-state index >= 15 is 0 Å². The van der Waals surface area contributed by atoms with Crippen molar-refractivity contribution in [1.82, 2.24) is 0 Å². The van der Waals surface area contributed by atoms with Crippen molar-refractivity contribution in [2.75, 3.05) is 12.3 Å². The highest BCUT2D eigenvalue weighted by Gasteiger charge is 2.03. The normalized spacial score (nSPS) is 17.1. The van der Waals surface area contributed by atoms with Crippen molar-refractivity contribution in [3.05, 3.63) is 0 Å². The summed E-state index contributed by atoms with van der Waals surface area (Å²) in [6.45, 7) is 0.363. The van der Waals surface area contributed by atoms with Gasteiger partial charge in [0.2, 0.25) is 7.80 Å². The first-order chi connectivity index (χ1) is 4.12.